The number of aryl methyl sites for hydroxylation is 3. The average Bonchev–Trinajstić information content (AvgIpc) is 3.04. The van der Waals surface area contributed by atoms with Gasteiger partial charge in [-0.15, -0.1) is 0 Å². The molecule has 3 aromatic heterocycles. The molecule has 0 aliphatic heterocycles. The second-order valence-corrected chi connectivity index (χ2v) is 10.4. The number of para-hydroxylation sites is 1. The first-order chi connectivity index (χ1) is 14.8. The minimum Gasteiger partial charge on any atom is -0.308 e. The first-order valence-electron chi connectivity index (χ1n) is 11.1. The van der Waals surface area contributed by atoms with Gasteiger partial charge in [-0.05, 0) is 60.0 Å². The molecule has 0 bridgehead atoms. The van der Waals surface area contributed by atoms with Gasteiger partial charge in [0.2, 0.25) is 0 Å². The van der Waals surface area contributed by atoms with Crippen molar-refractivity contribution in [2.24, 2.45) is 12.5 Å². The summed E-state index contributed by atoms with van der Waals surface area (Å²) in [4.78, 5) is 4.97. The molecule has 0 spiro atoms. The summed E-state index contributed by atoms with van der Waals surface area (Å²) in [7, 11) is 2.13. The van der Waals surface area contributed by atoms with Crippen molar-refractivity contribution in [1.29, 1.82) is 0 Å². The molecule has 154 valence electrons. The number of hydrogen-bond acceptors (Lipinski definition) is 1. The van der Waals surface area contributed by atoms with Gasteiger partial charge >= 0.3 is 0 Å². The fourth-order valence-electron chi connectivity index (χ4n) is 5.48. The van der Waals surface area contributed by atoms with Crippen LogP contribution in [0, 0.1) is 19.3 Å². The van der Waals surface area contributed by atoms with Gasteiger partial charge in [-0.2, -0.15) is 0 Å². The van der Waals surface area contributed by atoms with E-state index in [0.717, 1.165) is 11.9 Å². The highest BCUT2D eigenvalue weighted by molar-refractivity contribution is 6.25. The highest BCUT2D eigenvalue weighted by Crippen LogP contribution is 2.42. The predicted molar refractivity (Wildman–Crippen MR) is 130 cm³/mol. The third-order valence-electron chi connectivity index (χ3n) is 6.87. The molecule has 0 radical (unpaired) electrons. The molecule has 0 saturated carbocycles. The van der Waals surface area contributed by atoms with Crippen LogP contribution in [0.2, 0.25) is 0 Å². The standard InChI is InChI=1S/C28H28N3/c1-16-13-20-19-9-7-8-10-21(19)31-22-12-11-18(14-28(3,4)5)25-24(22)27(30(6)15-29-25)23(17(16)2)26(20)31/h7-13,15H,14H2,1-6H3/q+1. The maximum atomic E-state index is 4.97. The summed E-state index contributed by atoms with van der Waals surface area (Å²) in [5, 5.41) is 5.28. The third-order valence-corrected chi connectivity index (χ3v) is 6.87. The van der Waals surface area contributed by atoms with Gasteiger partial charge in [0.15, 0.2) is 5.52 Å². The van der Waals surface area contributed by atoms with Gasteiger partial charge < -0.3 is 4.40 Å². The Balaban J connectivity index is 1.99. The summed E-state index contributed by atoms with van der Waals surface area (Å²) in [6, 6.07) is 15.8. The third kappa shape index (κ3) is 2.40. The second kappa shape index (κ2) is 5.94. The lowest BCUT2D eigenvalue weighted by atomic mass is 9.86. The van der Waals surface area contributed by atoms with Crippen molar-refractivity contribution < 1.29 is 4.57 Å². The summed E-state index contributed by atoms with van der Waals surface area (Å²) in [6.07, 6.45) is 3.00. The highest BCUT2D eigenvalue weighted by atomic mass is 15.0. The van der Waals surface area contributed by atoms with Crippen molar-refractivity contribution in [1.82, 2.24) is 9.38 Å². The van der Waals surface area contributed by atoms with Crippen LogP contribution in [0.1, 0.15) is 37.5 Å². The molecule has 31 heavy (non-hydrogen) atoms. The van der Waals surface area contributed by atoms with Gasteiger partial charge in [-0.3, -0.25) is 0 Å². The number of rotatable bonds is 1. The number of pyridine rings is 1. The van der Waals surface area contributed by atoms with Crippen LogP contribution in [-0.2, 0) is 13.5 Å². The number of nitrogens with zero attached hydrogens (tertiary/aromatic N) is 3. The lowest BCUT2D eigenvalue weighted by Crippen LogP contribution is -2.30. The van der Waals surface area contributed by atoms with E-state index in [0.29, 0.717) is 0 Å². The van der Waals surface area contributed by atoms with Crippen LogP contribution in [0.4, 0.5) is 0 Å². The van der Waals surface area contributed by atoms with Gasteiger partial charge in [0.25, 0.3) is 6.33 Å². The lowest BCUT2D eigenvalue weighted by Gasteiger charge is -2.19. The minimum absolute atomic E-state index is 0.205. The fraction of sp³-hybridized carbons (Fsp3) is 0.286. The van der Waals surface area contributed by atoms with E-state index >= 15 is 0 Å². The van der Waals surface area contributed by atoms with Crippen molar-refractivity contribution in [2.45, 2.75) is 41.0 Å². The van der Waals surface area contributed by atoms with Crippen LogP contribution in [0.3, 0.4) is 0 Å². The molecular formula is C28H28N3+. The normalized spacial score (nSPS) is 13.0. The molecule has 0 aliphatic rings. The van der Waals surface area contributed by atoms with Crippen LogP contribution in [-0.4, -0.2) is 9.38 Å². The first kappa shape index (κ1) is 18.6. The number of fused-ring (bicyclic) bond motifs is 5. The summed E-state index contributed by atoms with van der Waals surface area (Å²) in [6.45, 7) is 11.4. The number of benzene rings is 3. The second-order valence-electron chi connectivity index (χ2n) is 10.4. The molecular weight excluding hydrogens is 378 g/mol. The van der Waals surface area contributed by atoms with Crippen LogP contribution in [0.5, 0.6) is 0 Å². The zero-order valence-corrected chi connectivity index (χ0v) is 19.2. The molecule has 0 unspecified atom stereocenters. The molecule has 0 atom stereocenters. The predicted octanol–water partition coefficient (Wildman–Crippen LogP) is 6.41. The largest absolute Gasteiger partial charge is 0.308 e. The lowest BCUT2D eigenvalue weighted by molar-refractivity contribution is -0.646. The van der Waals surface area contributed by atoms with E-state index in [4.69, 9.17) is 4.98 Å². The van der Waals surface area contributed by atoms with E-state index in [1.54, 1.807) is 0 Å². The number of aromatic nitrogens is 3. The zero-order valence-electron chi connectivity index (χ0n) is 19.2. The molecule has 0 saturated heterocycles. The van der Waals surface area contributed by atoms with E-state index in [1.807, 2.05) is 6.33 Å². The molecule has 3 aromatic carbocycles. The Hall–Kier alpha value is -3.20. The molecule has 3 heteroatoms. The van der Waals surface area contributed by atoms with Gasteiger partial charge in [-0.1, -0.05) is 45.0 Å². The SMILES string of the molecule is Cc1cc2c3ccccc3n3c4ccc(CC(C)(C)C)c5nc[n+](C)c(c(c1C)c23)c54. The molecule has 0 amide bonds. The Morgan fingerprint density at radius 3 is 2.48 bits per heavy atom. The first-order valence-corrected chi connectivity index (χ1v) is 11.1. The summed E-state index contributed by atoms with van der Waals surface area (Å²) >= 11 is 0. The Morgan fingerprint density at radius 2 is 1.71 bits per heavy atom. The maximum absolute atomic E-state index is 4.97. The fourth-order valence-corrected chi connectivity index (χ4v) is 5.48. The van der Waals surface area contributed by atoms with Crippen molar-refractivity contribution in [3.63, 3.8) is 0 Å². The van der Waals surface area contributed by atoms with E-state index in [-0.39, 0.29) is 5.41 Å². The summed E-state index contributed by atoms with van der Waals surface area (Å²) in [5.74, 6) is 0. The van der Waals surface area contributed by atoms with Gasteiger partial charge in [0.05, 0.1) is 34.4 Å². The van der Waals surface area contributed by atoms with Gasteiger partial charge in [-0.25, -0.2) is 4.57 Å². The summed E-state index contributed by atoms with van der Waals surface area (Å²) < 4.78 is 4.69. The average molecular weight is 407 g/mol. The van der Waals surface area contributed by atoms with Crippen molar-refractivity contribution in [3.05, 3.63) is 65.5 Å². The van der Waals surface area contributed by atoms with E-state index < -0.39 is 0 Å². The van der Waals surface area contributed by atoms with Crippen molar-refractivity contribution >= 4 is 49.1 Å². The van der Waals surface area contributed by atoms with Crippen LogP contribution < -0.4 is 4.57 Å². The highest BCUT2D eigenvalue weighted by Gasteiger charge is 2.26. The van der Waals surface area contributed by atoms with Crippen LogP contribution in [0.25, 0.3) is 49.1 Å². The molecule has 0 fully saturated rings. The quantitative estimate of drug-likeness (QED) is 0.175. The van der Waals surface area contributed by atoms with Gasteiger partial charge in [0, 0.05) is 16.3 Å². The Labute approximate surface area is 182 Å². The smallest absolute Gasteiger partial charge is 0.287 e. The molecule has 3 heterocycles. The molecule has 3 nitrogen and oxygen atoms in total. The number of hydrogen-bond donors (Lipinski definition) is 0. The molecule has 0 N–H and O–H groups in total. The topological polar surface area (TPSA) is 21.2 Å². The Kier molecular flexibility index (Phi) is 3.56. The van der Waals surface area contributed by atoms with Crippen LogP contribution >= 0.6 is 0 Å². The van der Waals surface area contributed by atoms with Crippen molar-refractivity contribution in [2.75, 3.05) is 0 Å². The van der Waals surface area contributed by atoms with E-state index in [2.05, 4.69) is 93.1 Å². The van der Waals surface area contributed by atoms with Crippen molar-refractivity contribution in [3.8, 4) is 0 Å². The van der Waals surface area contributed by atoms with Gasteiger partial charge in [0.1, 0.15) is 5.52 Å². The van der Waals surface area contributed by atoms with E-state index in [1.165, 1.54) is 60.3 Å². The molecule has 6 aromatic rings. The molecule has 6 rings (SSSR count). The minimum atomic E-state index is 0.205. The summed E-state index contributed by atoms with van der Waals surface area (Å²) in [5.41, 5.74) is 10.5. The van der Waals surface area contributed by atoms with Crippen LogP contribution in [0.15, 0.2) is 48.8 Å². The maximum Gasteiger partial charge on any atom is 0.287 e. The monoisotopic (exact) mass is 406 g/mol. The van der Waals surface area contributed by atoms with E-state index in [9.17, 15) is 0 Å². The Morgan fingerprint density at radius 1 is 0.935 bits per heavy atom. The Bertz CT molecular complexity index is 1660. The zero-order chi connectivity index (χ0) is 21.7. The molecule has 0 aliphatic carbocycles.